The number of nitrogens with one attached hydrogen (secondary N) is 2. The molecule has 2 rings (SSSR count). The monoisotopic (exact) mass is 368 g/mol. The Bertz CT molecular complexity index is 642. The molecular weight excluding hydrogens is 352 g/mol. The van der Waals surface area contributed by atoms with E-state index in [1.165, 1.54) is 0 Å². The number of urea groups is 1. The van der Waals surface area contributed by atoms with E-state index in [9.17, 15) is 9.59 Å². The van der Waals surface area contributed by atoms with Crippen LogP contribution in [-0.4, -0.2) is 25.7 Å². The fraction of sp³-hybridized carbons (Fsp3) is 0.333. The minimum absolute atomic E-state index is 0.266. The zero-order valence-electron chi connectivity index (χ0n) is 12.5. The van der Waals surface area contributed by atoms with E-state index in [1.807, 2.05) is 6.07 Å². The first-order valence-corrected chi connectivity index (χ1v) is 7.56. The minimum atomic E-state index is -0.574. The van der Waals surface area contributed by atoms with Crippen LogP contribution in [0.15, 0.2) is 33.9 Å². The van der Waals surface area contributed by atoms with E-state index < -0.39 is 12.0 Å². The summed E-state index contributed by atoms with van der Waals surface area (Å²) in [4.78, 5) is 23.9. The van der Waals surface area contributed by atoms with Gasteiger partial charge in [0.2, 0.25) is 0 Å². The highest BCUT2D eigenvalue weighted by atomic mass is 79.9. The molecule has 0 spiro atoms. The van der Waals surface area contributed by atoms with Gasteiger partial charge in [0.25, 0.3) is 0 Å². The summed E-state index contributed by atoms with van der Waals surface area (Å²) in [6, 6.07) is 4.44. The quantitative estimate of drug-likeness (QED) is 0.800. The van der Waals surface area contributed by atoms with Gasteiger partial charge in [0.1, 0.15) is 5.75 Å². The molecule has 6 nitrogen and oxygen atoms in total. The molecule has 1 aromatic carbocycles. The molecule has 0 fully saturated rings. The first-order chi connectivity index (χ1) is 10.5. The summed E-state index contributed by atoms with van der Waals surface area (Å²) in [6.45, 7) is 3.68. The predicted octanol–water partition coefficient (Wildman–Crippen LogP) is 2.65. The third kappa shape index (κ3) is 3.24. The van der Waals surface area contributed by atoms with E-state index in [2.05, 4.69) is 26.6 Å². The van der Waals surface area contributed by atoms with E-state index in [-0.39, 0.29) is 12.6 Å². The average molecular weight is 369 g/mol. The Balaban J connectivity index is 2.45. The molecule has 2 amide bonds. The Labute approximate surface area is 137 Å². The van der Waals surface area contributed by atoms with Crippen LogP contribution in [0.4, 0.5) is 4.79 Å². The number of amides is 2. The van der Waals surface area contributed by atoms with Gasteiger partial charge < -0.3 is 20.1 Å². The van der Waals surface area contributed by atoms with Crippen LogP contribution in [0.1, 0.15) is 25.5 Å². The second-order valence-electron chi connectivity index (χ2n) is 4.68. The van der Waals surface area contributed by atoms with Crippen LogP contribution in [0.25, 0.3) is 0 Å². The summed E-state index contributed by atoms with van der Waals surface area (Å²) in [5, 5.41) is 5.34. The Morgan fingerprint density at radius 3 is 2.73 bits per heavy atom. The smallest absolute Gasteiger partial charge is 0.338 e. The third-order valence-corrected chi connectivity index (χ3v) is 3.89. The molecule has 0 aliphatic carbocycles. The second kappa shape index (κ2) is 6.83. The van der Waals surface area contributed by atoms with Crippen LogP contribution in [0.2, 0.25) is 0 Å². The summed E-state index contributed by atoms with van der Waals surface area (Å²) >= 11 is 3.41. The number of carbonyl (C=O) groups excluding carboxylic acids is 2. The van der Waals surface area contributed by atoms with Crippen molar-refractivity contribution in [3.8, 4) is 5.75 Å². The van der Waals surface area contributed by atoms with E-state index in [0.29, 0.717) is 17.0 Å². The van der Waals surface area contributed by atoms with Crippen LogP contribution in [-0.2, 0) is 9.53 Å². The number of halogens is 1. The van der Waals surface area contributed by atoms with Gasteiger partial charge >= 0.3 is 12.0 Å². The highest BCUT2D eigenvalue weighted by Gasteiger charge is 2.32. The molecule has 1 atom stereocenters. The molecule has 0 saturated carbocycles. The van der Waals surface area contributed by atoms with Gasteiger partial charge in [-0.15, -0.1) is 0 Å². The van der Waals surface area contributed by atoms with Crippen molar-refractivity contribution >= 4 is 27.9 Å². The Morgan fingerprint density at radius 2 is 2.14 bits per heavy atom. The zero-order chi connectivity index (χ0) is 16.3. The van der Waals surface area contributed by atoms with Crippen molar-refractivity contribution in [2.24, 2.45) is 0 Å². The van der Waals surface area contributed by atoms with Gasteiger partial charge in [-0.05, 0) is 47.5 Å². The first-order valence-electron chi connectivity index (χ1n) is 6.76. The highest BCUT2D eigenvalue weighted by molar-refractivity contribution is 9.10. The van der Waals surface area contributed by atoms with Crippen LogP contribution < -0.4 is 15.4 Å². The summed E-state index contributed by atoms with van der Waals surface area (Å²) in [5.74, 6) is 0.215. The van der Waals surface area contributed by atoms with E-state index in [0.717, 1.165) is 10.0 Å². The zero-order valence-corrected chi connectivity index (χ0v) is 14.1. The van der Waals surface area contributed by atoms with Crippen molar-refractivity contribution in [2.45, 2.75) is 19.9 Å². The van der Waals surface area contributed by atoms with Gasteiger partial charge in [-0.25, -0.2) is 9.59 Å². The lowest BCUT2D eigenvalue weighted by molar-refractivity contribution is -0.139. The van der Waals surface area contributed by atoms with Crippen LogP contribution >= 0.6 is 15.9 Å². The summed E-state index contributed by atoms with van der Waals surface area (Å²) in [5.41, 5.74) is 1.63. The summed E-state index contributed by atoms with van der Waals surface area (Å²) in [7, 11) is 1.57. The number of allylic oxidation sites excluding steroid dienone is 1. The molecule has 1 heterocycles. The predicted molar refractivity (Wildman–Crippen MR) is 84.4 cm³/mol. The standard InChI is InChI=1S/C15H17BrN2O4/c1-4-22-14(19)12-8(2)17-15(20)18-13(12)9-5-6-11(21-3)10(16)7-9/h5-7,13H,4H2,1-3H3,(H2,17,18,20)/t13-/m1/s1. The van der Waals surface area contributed by atoms with Crippen molar-refractivity contribution in [3.05, 3.63) is 39.5 Å². The number of carbonyl (C=O) groups is 2. The van der Waals surface area contributed by atoms with Crippen molar-refractivity contribution in [3.63, 3.8) is 0 Å². The SMILES string of the molecule is CCOC(=O)C1=C(C)NC(=O)N[C@@H]1c1ccc(OC)c(Br)c1. The molecule has 118 valence electrons. The van der Waals surface area contributed by atoms with Crippen molar-refractivity contribution in [1.82, 2.24) is 10.6 Å². The maximum atomic E-state index is 12.2. The number of hydrogen-bond acceptors (Lipinski definition) is 4. The molecule has 0 saturated heterocycles. The number of rotatable bonds is 4. The van der Waals surface area contributed by atoms with Crippen LogP contribution in [0, 0.1) is 0 Å². The van der Waals surface area contributed by atoms with Crippen LogP contribution in [0.5, 0.6) is 5.75 Å². The van der Waals surface area contributed by atoms with Gasteiger partial charge in [-0.2, -0.15) is 0 Å². The molecule has 1 aliphatic heterocycles. The highest BCUT2D eigenvalue weighted by Crippen LogP contribution is 2.33. The van der Waals surface area contributed by atoms with Crippen molar-refractivity contribution in [1.29, 1.82) is 0 Å². The van der Waals surface area contributed by atoms with Crippen molar-refractivity contribution in [2.75, 3.05) is 13.7 Å². The first kappa shape index (κ1) is 16.4. The maximum Gasteiger partial charge on any atom is 0.338 e. The van der Waals surface area contributed by atoms with Gasteiger partial charge in [0.15, 0.2) is 0 Å². The summed E-state index contributed by atoms with van der Waals surface area (Å²) in [6.07, 6.45) is 0. The molecule has 0 unspecified atom stereocenters. The van der Waals surface area contributed by atoms with E-state index in [4.69, 9.17) is 9.47 Å². The lowest BCUT2D eigenvalue weighted by atomic mass is 9.95. The third-order valence-electron chi connectivity index (χ3n) is 3.27. The fourth-order valence-corrected chi connectivity index (χ4v) is 2.84. The van der Waals surface area contributed by atoms with Gasteiger partial charge in [0, 0.05) is 5.70 Å². The van der Waals surface area contributed by atoms with Gasteiger partial charge in [-0.1, -0.05) is 6.07 Å². The van der Waals surface area contributed by atoms with Crippen molar-refractivity contribution < 1.29 is 19.1 Å². The topological polar surface area (TPSA) is 76.7 Å². The lowest BCUT2D eigenvalue weighted by Gasteiger charge is -2.28. The lowest BCUT2D eigenvalue weighted by Crippen LogP contribution is -2.45. The fourth-order valence-electron chi connectivity index (χ4n) is 2.29. The number of ether oxygens (including phenoxy) is 2. The molecule has 22 heavy (non-hydrogen) atoms. The minimum Gasteiger partial charge on any atom is -0.496 e. The van der Waals surface area contributed by atoms with E-state index in [1.54, 1.807) is 33.1 Å². The average Bonchev–Trinajstić information content (AvgIpc) is 2.46. The Hall–Kier alpha value is -2.02. The number of benzene rings is 1. The summed E-state index contributed by atoms with van der Waals surface area (Å²) < 4.78 is 11.0. The number of methoxy groups -OCH3 is 1. The Kier molecular flexibility index (Phi) is 5.07. The number of esters is 1. The molecule has 2 N–H and O–H groups in total. The van der Waals surface area contributed by atoms with Crippen LogP contribution in [0.3, 0.4) is 0 Å². The maximum absolute atomic E-state index is 12.2. The molecular formula is C15H17BrN2O4. The molecule has 0 aromatic heterocycles. The van der Waals surface area contributed by atoms with Gasteiger partial charge in [-0.3, -0.25) is 0 Å². The molecule has 7 heteroatoms. The molecule has 0 bridgehead atoms. The second-order valence-corrected chi connectivity index (χ2v) is 5.54. The molecule has 1 aliphatic rings. The normalized spacial score (nSPS) is 17.6. The molecule has 1 aromatic rings. The number of hydrogen-bond donors (Lipinski definition) is 2. The Morgan fingerprint density at radius 1 is 1.41 bits per heavy atom. The van der Waals surface area contributed by atoms with E-state index >= 15 is 0 Å². The molecule has 0 radical (unpaired) electrons. The largest absolute Gasteiger partial charge is 0.496 e. The van der Waals surface area contributed by atoms with Gasteiger partial charge in [0.05, 0.1) is 29.8 Å².